The number of anilines is 2. The molecule has 1 fully saturated rings. The Morgan fingerprint density at radius 2 is 2.00 bits per heavy atom. The van der Waals surface area contributed by atoms with Gasteiger partial charge in [0.05, 0.1) is 17.9 Å². The SMILES string of the molecule is Cn1cc(Nc2ccc3c(c2)[C@@H](N[S@+]([O-])C(C)(C)C)C2(CCN(C(=O)O)CC2)C3)cn1. The Balaban J connectivity index is 1.64. The van der Waals surface area contributed by atoms with Crippen LogP contribution in [0.1, 0.15) is 50.8 Å². The molecule has 0 bridgehead atoms. The van der Waals surface area contributed by atoms with Crippen molar-refractivity contribution >= 4 is 28.8 Å². The molecule has 1 aliphatic heterocycles. The molecule has 3 N–H and O–H groups in total. The number of hydrogen-bond donors (Lipinski definition) is 3. The lowest BCUT2D eigenvalue weighted by Crippen LogP contribution is -2.50. The van der Waals surface area contributed by atoms with Gasteiger partial charge in [-0.25, -0.2) is 4.79 Å². The number of nitrogens with zero attached hydrogens (tertiary/aromatic N) is 3. The van der Waals surface area contributed by atoms with Crippen LogP contribution < -0.4 is 10.0 Å². The zero-order valence-corrected chi connectivity index (χ0v) is 19.3. The van der Waals surface area contributed by atoms with Gasteiger partial charge in [-0.3, -0.25) is 4.68 Å². The molecule has 2 aliphatic rings. The van der Waals surface area contributed by atoms with Crippen LogP contribution in [0.15, 0.2) is 30.6 Å². The molecule has 1 aromatic heterocycles. The Bertz CT molecular complexity index is 962. The largest absolute Gasteiger partial charge is 0.598 e. The fourth-order valence-corrected chi connectivity index (χ4v) is 5.59. The maximum Gasteiger partial charge on any atom is 0.407 e. The van der Waals surface area contributed by atoms with Gasteiger partial charge < -0.3 is 19.9 Å². The van der Waals surface area contributed by atoms with Gasteiger partial charge in [-0.05, 0) is 63.3 Å². The average molecular weight is 446 g/mol. The second kappa shape index (κ2) is 8.03. The van der Waals surface area contributed by atoms with E-state index in [4.69, 9.17) is 0 Å². The molecule has 2 aromatic rings. The lowest BCUT2D eigenvalue weighted by Gasteiger charge is -2.43. The number of piperidine rings is 1. The summed E-state index contributed by atoms with van der Waals surface area (Å²) in [5, 5.41) is 17.0. The van der Waals surface area contributed by atoms with Crippen molar-refractivity contribution < 1.29 is 14.5 Å². The van der Waals surface area contributed by atoms with Crippen molar-refractivity contribution in [3.63, 3.8) is 0 Å². The van der Waals surface area contributed by atoms with Crippen molar-refractivity contribution in [1.82, 2.24) is 19.4 Å². The molecule has 8 nitrogen and oxygen atoms in total. The van der Waals surface area contributed by atoms with Gasteiger partial charge in [0.2, 0.25) is 0 Å². The third kappa shape index (κ3) is 4.40. The van der Waals surface area contributed by atoms with Crippen molar-refractivity contribution in [1.29, 1.82) is 0 Å². The molecule has 0 unspecified atom stereocenters. The number of carbonyl (C=O) groups is 1. The highest BCUT2D eigenvalue weighted by Gasteiger charge is 2.51. The zero-order valence-electron chi connectivity index (χ0n) is 18.5. The maximum absolute atomic E-state index is 13.1. The summed E-state index contributed by atoms with van der Waals surface area (Å²) in [5.74, 6) is 0. The molecule has 1 spiro atoms. The van der Waals surface area contributed by atoms with Gasteiger partial charge >= 0.3 is 6.09 Å². The molecule has 0 radical (unpaired) electrons. The number of fused-ring (bicyclic) bond motifs is 1. The second-order valence-corrected chi connectivity index (χ2v) is 11.7. The summed E-state index contributed by atoms with van der Waals surface area (Å²) in [4.78, 5) is 12.9. The Morgan fingerprint density at radius 1 is 1.29 bits per heavy atom. The quantitative estimate of drug-likeness (QED) is 0.622. The fourth-order valence-electron chi connectivity index (χ4n) is 4.65. The Hall–Kier alpha value is -2.23. The van der Waals surface area contributed by atoms with E-state index < -0.39 is 22.2 Å². The first-order valence-corrected chi connectivity index (χ1v) is 11.8. The maximum atomic E-state index is 13.1. The number of rotatable bonds is 4. The van der Waals surface area contributed by atoms with Crippen LogP contribution in [0.4, 0.5) is 16.2 Å². The molecule has 1 aliphatic carbocycles. The predicted molar refractivity (Wildman–Crippen MR) is 122 cm³/mol. The highest BCUT2D eigenvalue weighted by molar-refractivity contribution is 7.90. The number of aryl methyl sites for hydroxylation is 1. The van der Waals surface area contributed by atoms with Gasteiger partial charge in [-0.1, -0.05) is 6.07 Å². The molecule has 9 heteroatoms. The van der Waals surface area contributed by atoms with E-state index in [2.05, 4.69) is 33.3 Å². The van der Waals surface area contributed by atoms with E-state index in [1.807, 2.05) is 34.0 Å². The summed E-state index contributed by atoms with van der Waals surface area (Å²) in [6.07, 6.45) is 5.19. The van der Waals surface area contributed by atoms with Crippen LogP contribution in [0.25, 0.3) is 0 Å². The van der Waals surface area contributed by atoms with E-state index in [1.54, 1.807) is 10.9 Å². The molecule has 1 amide bonds. The van der Waals surface area contributed by atoms with Crippen molar-refractivity contribution in [2.75, 3.05) is 18.4 Å². The van der Waals surface area contributed by atoms with Gasteiger partial charge in [0.1, 0.15) is 4.75 Å². The van der Waals surface area contributed by atoms with Crippen LogP contribution in [-0.4, -0.2) is 48.3 Å². The topological polar surface area (TPSA) is 105 Å². The highest BCUT2D eigenvalue weighted by Crippen LogP contribution is 2.53. The Kier molecular flexibility index (Phi) is 5.70. The summed E-state index contributed by atoms with van der Waals surface area (Å²) in [6, 6.07) is 6.25. The monoisotopic (exact) mass is 445 g/mol. The van der Waals surface area contributed by atoms with Crippen LogP contribution in [0.5, 0.6) is 0 Å². The summed E-state index contributed by atoms with van der Waals surface area (Å²) in [5.41, 5.74) is 4.12. The highest BCUT2D eigenvalue weighted by atomic mass is 32.2. The molecular formula is C22H31N5O3S. The minimum atomic E-state index is -1.23. The molecule has 1 saturated heterocycles. The smallest absolute Gasteiger partial charge is 0.407 e. The Morgan fingerprint density at radius 3 is 2.58 bits per heavy atom. The molecule has 2 heterocycles. The van der Waals surface area contributed by atoms with E-state index in [0.29, 0.717) is 13.1 Å². The van der Waals surface area contributed by atoms with Gasteiger partial charge in [-0.15, -0.1) is 4.72 Å². The van der Waals surface area contributed by atoms with E-state index in [-0.39, 0.29) is 11.5 Å². The van der Waals surface area contributed by atoms with Crippen molar-refractivity contribution in [2.45, 2.75) is 50.8 Å². The summed E-state index contributed by atoms with van der Waals surface area (Å²) in [6.45, 7) is 6.90. The minimum Gasteiger partial charge on any atom is -0.598 e. The van der Waals surface area contributed by atoms with Gasteiger partial charge in [0.25, 0.3) is 0 Å². The van der Waals surface area contributed by atoms with E-state index in [1.165, 1.54) is 10.5 Å². The number of nitrogens with one attached hydrogen (secondary N) is 2. The van der Waals surface area contributed by atoms with Crippen LogP contribution >= 0.6 is 0 Å². The minimum absolute atomic E-state index is 0.0887. The first kappa shape index (κ1) is 22.0. The first-order chi connectivity index (χ1) is 14.6. The third-order valence-corrected chi connectivity index (χ3v) is 7.98. The molecule has 1 aromatic carbocycles. The summed E-state index contributed by atoms with van der Waals surface area (Å²) < 4.78 is 17.9. The molecule has 31 heavy (non-hydrogen) atoms. The lowest BCUT2D eigenvalue weighted by molar-refractivity contribution is 0.0764. The summed E-state index contributed by atoms with van der Waals surface area (Å²) >= 11 is -1.23. The van der Waals surface area contributed by atoms with Crippen LogP contribution in [0.3, 0.4) is 0 Å². The lowest BCUT2D eigenvalue weighted by atomic mass is 9.73. The molecule has 4 rings (SSSR count). The molecular weight excluding hydrogens is 414 g/mol. The van der Waals surface area contributed by atoms with E-state index in [0.717, 1.165) is 36.2 Å². The number of likely N-dealkylation sites (tertiary alicyclic amines) is 1. The van der Waals surface area contributed by atoms with Crippen molar-refractivity contribution in [3.05, 3.63) is 41.7 Å². The Labute approximate surface area is 186 Å². The van der Waals surface area contributed by atoms with Crippen molar-refractivity contribution in [2.24, 2.45) is 12.5 Å². The van der Waals surface area contributed by atoms with Gasteiger partial charge in [-0.2, -0.15) is 5.10 Å². The van der Waals surface area contributed by atoms with E-state index >= 15 is 0 Å². The molecule has 168 valence electrons. The number of hydrogen-bond acceptors (Lipinski definition) is 5. The number of carboxylic acid groups (broad SMARTS) is 1. The fraction of sp³-hybridized carbons (Fsp3) is 0.545. The van der Waals surface area contributed by atoms with Crippen LogP contribution in [-0.2, 0) is 24.8 Å². The van der Waals surface area contributed by atoms with E-state index in [9.17, 15) is 14.5 Å². The summed E-state index contributed by atoms with van der Waals surface area (Å²) in [7, 11) is 1.88. The second-order valence-electron chi connectivity index (χ2n) is 9.68. The number of benzene rings is 1. The standard InChI is InChI=1S/C22H31N5O3S/c1-21(2,3)31(30)25-19-18-11-16(24-17-13-23-26(4)14-17)6-5-15(18)12-22(19)7-9-27(10-8-22)20(28)29/h5-6,11,13-14,19,24-25H,7-10,12H2,1-4H3,(H,28,29)/t19-,31-/m1/s1. The number of amides is 1. The van der Waals surface area contributed by atoms with Crippen LogP contribution in [0.2, 0.25) is 0 Å². The van der Waals surface area contributed by atoms with Crippen LogP contribution in [0, 0.1) is 5.41 Å². The van der Waals surface area contributed by atoms with Crippen molar-refractivity contribution in [3.8, 4) is 0 Å². The normalized spacial score (nSPS) is 21.2. The molecule has 0 saturated carbocycles. The average Bonchev–Trinajstić information content (AvgIpc) is 3.23. The first-order valence-electron chi connectivity index (χ1n) is 10.6. The molecule has 2 atom stereocenters. The zero-order chi connectivity index (χ0) is 22.4. The van der Waals surface area contributed by atoms with Gasteiger partial charge in [0, 0.05) is 48.8 Å². The third-order valence-electron chi connectivity index (χ3n) is 6.42. The number of aromatic nitrogens is 2. The van der Waals surface area contributed by atoms with Gasteiger partial charge in [0.15, 0.2) is 0 Å². The predicted octanol–water partition coefficient (Wildman–Crippen LogP) is 3.57.